The second kappa shape index (κ2) is 8.84. The largest absolute Gasteiger partial charge is 0.147 e. The third-order valence-electron chi connectivity index (χ3n) is 0.189. The molecule has 34 valence electrons. The second-order valence-corrected chi connectivity index (χ2v) is 1.48. The van der Waals surface area contributed by atoms with E-state index in [-0.39, 0.29) is 12.4 Å². The Morgan fingerprint density at radius 2 is 1.80 bits per heavy atom. The minimum absolute atomic E-state index is 0. The predicted octanol–water partition coefficient (Wildman–Crippen LogP) is 2.21. The third kappa shape index (κ3) is 11.7. The highest BCUT2D eigenvalue weighted by atomic mass is 79.9. The lowest BCUT2D eigenvalue weighted by Crippen LogP contribution is -1.54. The van der Waals surface area contributed by atoms with Crippen molar-refractivity contribution in [3.8, 4) is 0 Å². The maximum Gasteiger partial charge on any atom is 0.00286 e. The Bertz CT molecular complexity index is 8.85. The summed E-state index contributed by atoms with van der Waals surface area (Å²) in [6.07, 6.45) is 1.24. The summed E-state index contributed by atoms with van der Waals surface area (Å²) < 4.78 is 0. The Hall–Kier alpha value is 0.770. The van der Waals surface area contributed by atoms with Gasteiger partial charge in [0.25, 0.3) is 0 Å². The molecule has 0 fully saturated rings. The Morgan fingerprint density at radius 3 is 1.80 bits per heavy atom. The Kier molecular flexibility index (Phi) is 16.3. The van der Waals surface area contributed by atoms with Crippen LogP contribution in [0.5, 0.6) is 0 Å². The van der Waals surface area contributed by atoms with E-state index in [1.54, 1.807) is 0 Å². The van der Waals surface area contributed by atoms with Crippen molar-refractivity contribution in [1.29, 1.82) is 0 Å². The zero-order valence-corrected chi connectivity index (χ0v) is 5.60. The average molecular weight is 159 g/mol. The van der Waals surface area contributed by atoms with Gasteiger partial charge in [0, 0.05) is 5.33 Å². The van der Waals surface area contributed by atoms with Gasteiger partial charge in [-0.15, -0.1) is 12.4 Å². The first-order valence-electron chi connectivity index (χ1n) is 1.47. The fourth-order valence-corrected chi connectivity index (χ4v) is 0. The summed E-state index contributed by atoms with van der Waals surface area (Å²) in [7, 11) is 0. The summed E-state index contributed by atoms with van der Waals surface area (Å²) in [4.78, 5) is 0. The monoisotopic (exact) mass is 158 g/mol. The Morgan fingerprint density at radius 1 is 1.60 bits per heavy atom. The van der Waals surface area contributed by atoms with E-state index in [1.165, 1.54) is 6.42 Å². The van der Waals surface area contributed by atoms with Gasteiger partial charge in [0.15, 0.2) is 0 Å². The van der Waals surface area contributed by atoms with E-state index in [2.05, 4.69) is 22.9 Å². The molecule has 0 atom stereocenters. The predicted molar refractivity (Wildman–Crippen MR) is 31.3 cm³/mol. The maximum absolute atomic E-state index is 3.25. The first kappa shape index (κ1) is 9.24. The first-order valence-corrected chi connectivity index (χ1v) is 2.60. The number of alkyl halides is 1. The van der Waals surface area contributed by atoms with Gasteiger partial charge >= 0.3 is 0 Å². The van der Waals surface area contributed by atoms with Crippen LogP contribution in [-0.2, 0) is 0 Å². The molecule has 0 nitrogen and oxygen atoms in total. The van der Waals surface area contributed by atoms with Gasteiger partial charge in [0.2, 0.25) is 0 Å². The molecule has 0 aromatic rings. The Labute approximate surface area is 47.5 Å². The third-order valence-corrected chi connectivity index (χ3v) is 0.982. The molecule has 0 bridgehead atoms. The average Bonchev–Trinajstić information content (AvgIpc) is 1.37. The second-order valence-electron chi connectivity index (χ2n) is 0.689. The summed E-state index contributed by atoms with van der Waals surface area (Å²) in [5.41, 5.74) is 0. The minimum Gasteiger partial charge on any atom is -0.147 e. The zero-order chi connectivity index (χ0) is 3.41. The Balaban J connectivity index is 0. The number of halogens is 2. The zero-order valence-electron chi connectivity index (χ0n) is 3.20. The SMILES string of the molecule is CCCBr.Cl. The normalized spacial score (nSPS) is 6.00. The van der Waals surface area contributed by atoms with Crippen LogP contribution in [0.1, 0.15) is 13.3 Å². The van der Waals surface area contributed by atoms with Gasteiger partial charge in [0.1, 0.15) is 0 Å². The summed E-state index contributed by atoms with van der Waals surface area (Å²) in [5, 5.41) is 1.13. The van der Waals surface area contributed by atoms with Crippen LogP contribution in [-0.4, -0.2) is 5.33 Å². The number of hydrogen-bond acceptors (Lipinski definition) is 0. The number of rotatable bonds is 1. The molecule has 0 aromatic heterocycles. The molecule has 0 saturated heterocycles. The van der Waals surface area contributed by atoms with E-state index >= 15 is 0 Å². The van der Waals surface area contributed by atoms with Crippen molar-refractivity contribution >= 4 is 28.3 Å². The lowest BCUT2D eigenvalue weighted by atomic mass is 10.6. The molecule has 0 aromatic carbocycles. The fourth-order valence-electron chi connectivity index (χ4n) is 0. The van der Waals surface area contributed by atoms with Gasteiger partial charge in [0.05, 0.1) is 0 Å². The molecule has 0 aliphatic heterocycles. The van der Waals surface area contributed by atoms with Gasteiger partial charge in [-0.05, 0) is 6.42 Å². The van der Waals surface area contributed by atoms with Crippen LogP contribution in [0.4, 0.5) is 0 Å². The van der Waals surface area contributed by atoms with E-state index in [9.17, 15) is 0 Å². The lowest BCUT2D eigenvalue weighted by molar-refractivity contribution is 1.12. The highest BCUT2D eigenvalue weighted by molar-refractivity contribution is 9.09. The number of hydrogen-bond donors (Lipinski definition) is 0. The van der Waals surface area contributed by atoms with Crippen LogP contribution in [0.2, 0.25) is 0 Å². The van der Waals surface area contributed by atoms with Crippen LogP contribution in [0.25, 0.3) is 0 Å². The summed E-state index contributed by atoms with van der Waals surface area (Å²) >= 11 is 3.25. The fraction of sp³-hybridized carbons (Fsp3) is 1.00. The van der Waals surface area contributed by atoms with Crippen molar-refractivity contribution in [3.05, 3.63) is 0 Å². The van der Waals surface area contributed by atoms with E-state index in [0.29, 0.717) is 0 Å². The van der Waals surface area contributed by atoms with Crippen molar-refractivity contribution < 1.29 is 0 Å². The lowest BCUT2D eigenvalue weighted by Gasteiger charge is -1.66. The van der Waals surface area contributed by atoms with Crippen LogP contribution in [0.15, 0.2) is 0 Å². The first-order chi connectivity index (χ1) is 1.91. The van der Waals surface area contributed by atoms with Crippen molar-refractivity contribution in [3.63, 3.8) is 0 Å². The van der Waals surface area contributed by atoms with Gasteiger partial charge in [-0.1, -0.05) is 22.9 Å². The quantitative estimate of drug-likeness (QED) is 0.515. The van der Waals surface area contributed by atoms with Gasteiger partial charge in [-0.25, -0.2) is 0 Å². The molecule has 0 rings (SSSR count). The van der Waals surface area contributed by atoms with Gasteiger partial charge in [-0.2, -0.15) is 0 Å². The van der Waals surface area contributed by atoms with Crippen molar-refractivity contribution in [1.82, 2.24) is 0 Å². The van der Waals surface area contributed by atoms with Crippen LogP contribution < -0.4 is 0 Å². The molecule has 0 heterocycles. The summed E-state index contributed by atoms with van der Waals surface area (Å²) in [5.74, 6) is 0. The standard InChI is InChI=1S/C3H7Br.ClH/c1-2-3-4;/h2-3H2,1H3;1H. The van der Waals surface area contributed by atoms with Gasteiger partial charge in [-0.3, -0.25) is 0 Å². The molecule has 0 unspecified atom stereocenters. The van der Waals surface area contributed by atoms with E-state index < -0.39 is 0 Å². The molecule has 0 aliphatic rings. The maximum atomic E-state index is 3.25. The van der Waals surface area contributed by atoms with Crippen LogP contribution >= 0.6 is 28.3 Å². The van der Waals surface area contributed by atoms with E-state index in [4.69, 9.17) is 0 Å². The summed E-state index contributed by atoms with van der Waals surface area (Å²) in [6.45, 7) is 2.13. The molecule has 0 saturated carbocycles. The molecule has 0 amide bonds. The molecule has 0 N–H and O–H groups in total. The highest BCUT2D eigenvalue weighted by Crippen LogP contribution is 1.80. The molecule has 5 heavy (non-hydrogen) atoms. The van der Waals surface area contributed by atoms with E-state index in [1.807, 2.05) is 0 Å². The van der Waals surface area contributed by atoms with Crippen molar-refractivity contribution in [2.75, 3.05) is 5.33 Å². The van der Waals surface area contributed by atoms with Crippen molar-refractivity contribution in [2.45, 2.75) is 13.3 Å². The smallest absolute Gasteiger partial charge is 0.00286 e. The van der Waals surface area contributed by atoms with Crippen LogP contribution in [0, 0.1) is 0 Å². The molecular weight excluding hydrogens is 151 g/mol. The summed E-state index contributed by atoms with van der Waals surface area (Å²) in [6, 6.07) is 0. The topological polar surface area (TPSA) is 0 Å². The molecular formula is C3H8BrCl. The van der Waals surface area contributed by atoms with Gasteiger partial charge < -0.3 is 0 Å². The molecule has 2 heteroatoms. The van der Waals surface area contributed by atoms with Crippen molar-refractivity contribution in [2.24, 2.45) is 0 Å². The molecule has 0 aliphatic carbocycles. The highest BCUT2D eigenvalue weighted by Gasteiger charge is 1.58. The van der Waals surface area contributed by atoms with Crippen LogP contribution in [0.3, 0.4) is 0 Å². The molecule has 0 radical (unpaired) electrons. The van der Waals surface area contributed by atoms with E-state index in [0.717, 1.165) is 5.33 Å². The molecule has 0 spiro atoms. The minimum atomic E-state index is 0.